The van der Waals surface area contributed by atoms with Crippen molar-refractivity contribution in [2.24, 2.45) is 11.7 Å². The minimum absolute atomic E-state index is 0.420. The average Bonchev–Trinajstić information content (AvgIpc) is 2.07. The van der Waals surface area contributed by atoms with Crippen LogP contribution in [0.5, 0.6) is 0 Å². The number of hydrogen-bond donors (Lipinski definition) is 1. The molecule has 0 aromatic carbocycles. The second-order valence-corrected chi connectivity index (χ2v) is 3.40. The fourth-order valence-corrected chi connectivity index (χ4v) is 1.71. The van der Waals surface area contributed by atoms with Gasteiger partial charge in [-0.2, -0.15) is 0 Å². The molecule has 2 heteroatoms. The average molecular weight is 157 g/mol. The third kappa shape index (κ3) is 2.80. The summed E-state index contributed by atoms with van der Waals surface area (Å²) in [6.45, 7) is 4.03. The first-order valence-electron chi connectivity index (χ1n) is 4.68. The van der Waals surface area contributed by atoms with E-state index in [2.05, 4.69) is 6.92 Å². The van der Waals surface area contributed by atoms with Crippen LogP contribution in [-0.4, -0.2) is 19.3 Å². The fraction of sp³-hybridized carbons (Fsp3) is 1.00. The quantitative estimate of drug-likeness (QED) is 0.674. The van der Waals surface area contributed by atoms with E-state index < -0.39 is 0 Å². The molecule has 1 aliphatic rings. The molecule has 0 aromatic rings. The maximum absolute atomic E-state index is 6.00. The molecule has 66 valence electrons. The van der Waals surface area contributed by atoms with Crippen molar-refractivity contribution in [3.8, 4) is 0 Å². The largest absolute Gasteiger partial charge is 0.381 e. The van der Waals surface area contributed by atoms with E-state index in [0.717, 1.165) is 19.1 Å². The third-order valence-corrected chi connectivity index (χ3v) is 2.49. The first-order chi connectivity index (χ1) is 5.34. The van der Waals surface area contributed by atoms with Crippen LogP contribution in [0.2, 0.25) is 0 Å². The lowest BCUT2D eigenvalue weighted by molar-refractivity contribution is 0.0574. The lowest BCUT2D eigenvalue weighted by Gasteiger charge is -2.27. The molecule has 1 rings (SSSR count). The van der Waals surface area contributed by atoms with Crippen LogP contribution in [-0.2, 0) is 4.74 Å². The van der Waals surface area contributed by atoms with Crippen molar-refractivity contribution >= 4 is 0 Å². The molecule has 1 aliphatic heterocycles. The van der Waals surface area contributed by atoms with Gasteiger partial charge in [0.15, 0.2) is 0 Å². The van der Waals surface area contributed by atoms with Crippen LogP contribution in [0, 0.1) is 5.92 Å². The topological polar surface area (TPSA) is 35.2 Å². The molecule has 1 fully saturated rings. The normalized spacial score (nSPS) is 23.5. The summed E-state index contributed by atoms with van der Waals surface area (Å²) in [5, 5.41) is 0. The van der Waals surface area contributed by atoms with Crippen LogP contribution in [0.4, 0.5) is 0 Å². The van der Waals surface area contributed by atoms with E-state index in [1.54, 1.807) is 0 Å². The lowest BCUT2D eigenvalue weighted by Crippen LogP contribution is -2.34. The molecule has 1 heterocycles. The van der Waals surface area contributed by atoms with Crippen molar-refractivity contribution in [1.29, 1.82) is 0 Å². The highest BCUT2D eigenvalue weighted by molar-refractivity contribution is 4.74. The first-order valence-corrected chi connectivity index (χ1v) is 4.68. The minimum atomic E-state index is 0.420. The molecule has 0 aliphatic carbocycles. The molecule has 0 bridgehead atoms. The summed E-state index contributed by atoms with van der Waals surface area (Å²) in [6.07, 6.45) is 4.71. The maximum Gasteiger partial charge on any atom is 0.0469 e. The molecule has 11 heavy (non-hydrogen) atoms. The Hall–Kier alpha value is -0.0800. The van der Waals surface area contributed by atoms with Gasteiger partial charge in [0.25, 0.3) is 0 Å². The second kappa shape index (κ2) is 4.73. The SMILES string of the molecule is CCC[C@@H](N)C1CCOCC1. The van der Waals surface area contributed by atoms with Crippen LogP contribution >= 0.6 is 0 Å². The Labute approximate surface area is 69.1 Å². The third-order valence-electron chi connectivity index (χ3n) is 2.49. The summed E-state index contributed by atoms with van der Waals surface area (Å²) in [5.74, 6) is 0.726. The second-order valence-electron chi connectivity index (χ2n) is 3.40. The van der Waals surface area contributed by atoms with Gasteiger partial charge < -0.3 is 10.5 Å². The molecule has 2 N–H and O–H groups in total. The summed E-state index contributed by atoms with van der Waals surface area (Å²) >= 11 is 0. The van der Waals surface area contributed by atoms with Gasteiger partial charge in [-0.3, -0.25) is 0 Å². The highest BCUT2D eigenvalue weighted by Crippen LogP contribution is 2.19. The summed E-state index contributed by atoms with van der Waals surface area (Å²) in [7, 11) is 0. The molecule has 1 saturated heterocycles. The van der Waals surface area contributed by atoms with Crippen molar-refractivity contribution in [1.82, 2.24) is 0 Å². The van der Waals surface area contributed by atoms with Crippen LogP contribution < -0.4 is 5.73 Å². The Morgan fingerprint density at radius 3 is 2.64 bits per heavy atom. The van der Waals surface area contributed by atoms with Gasteiger partial charge in [0.05, 0.1) is 0 Å². The van der Waals surface area contributed by atoms with Crippen LogP contribution in [0.25, 0.3) is 0 Å². The van der Waals surface area contributed by atoms with Crippen molar-refractivity contribution in [2.45, 2.75) is 38.6 Å². The zero-order valence-corrected chi connectivity index (χ0v) is 7.38. The zero-order chi connectivity index (χ0) is 8.10. The standard InChI is InChI=1S/C9H19NO/c1-2-3-9(10)8-4-6-11-7-5-8/h8-9H,2-7,10H2,1H3/t9-/m1/s1. The van der Waals surface area contributed by atoms with E-state index in [4.69, 9.17) is 10.5 Å². The summed E-state index contributed by atoms with van der Waals surface area (Å²) < 4.78 is 5.27. The van der Waals surface area contributed by atoms with E-state index in [1.807, 2.05) is 0 Å². The van der Waals surface area contributed by atoms with Crippen LogP contribution in [0.1, 0.15) is 32.6 Å². The predicted molar refractivity (Wildman–Crippen MR) is 46.4 cm³/mol. The zero-order valence-electron chi connectivity index (χ0n) is 7.38. The smallest absolute Gasteiger partial charge is 0.0469 e. The van der Waals surface area contributed by atoms with E-state index in [0.29, 0.717) is 6.04 Å². The van der Waals surface area contributed by atoms with Gasteiger partial charge in [0.1, 0.15) is 0 Å². The summed E-state index contributed by atoms with van der Waals surface area (Å²) in [4.78, 5) is 0. The summed E-state index contributed by atoms with van der Waals surface area (Å²) in [5.41, 5.74) is 6.00. The van der Waals surface area contributed by atoms with E-state index in [1.165, 1.54) is 25.7 Å². The molecular weight excluding hydrogens is 138 g/mol. The maximum atomic E-state index is 6.00. The van der Waals surface area contributed by atoms with Gasteiger partial charge in [0, 0.05) is 19.3 Å². The number of ether oxygens (including phenoxy) is 1. The minimum Gasteiger partial charge on any atom is -0.381 e. The Morgan fingerprint density at radius 1 is 1.45 bits per heavy atom. The van der Waals surface area contributed by atoms with E-state index in [-0.39, 0.29) is 0 Å². The van der Waals surface area contributed by atoms with E-state index in [9.17, 15) is 0 Å². The Kier molecular flexibility index (Phi) is 3.87. The number of hydrogen-bond acceptors (Lipinski definition) is 2. The van der Waals surface area contributed by atoms with Gasteiger partial charge in [-0.1, -0.05) is 13.3 Å². The van der Waals surface area contributed by atoms with Gasteiger partial charge in [-0.05, 0) is 25.2 Å². The molecule has 0 unspecified atom stereocenters. The Balaban J connectivity index is 2.21. The first kappa shape index (κ1) is 9.01. The van der Waals surface area contributed by atoms with Crippen molar-refractivity contribution in [3.05, 3.63) is 0 Å². The lowest BCUT2D eigenvalue weighted by atomic mass is 9.90. The molecular formula is C9H19NO. The monoisotopic (exact) mass is 157 g/mol. The highest BCUT2D eigenvalue weighted by atomic mass is 16.5. The molecule has 0 radical (unpaired) electrons. The number of rotatable bonds is 3. The van der Waals surface area contributed by atoms with Crippen molar-refractivity contribution in [2.75, 3.05) is 13.2 Å². The van der Waals surface area contributed by atoms with Gasteiger partial charge in [-0.15, -0.1) is 0 Å². The van der Waals surface area contributed by atoms with Gasteiger partial charge in [-0.25, -0.2) is 0 Å². The highest BCUT2D eigenvalue weighted by Gasteiger charge is 2.19. The van der Waals surface area contributed by atoms with Gasteiger partial charge >= 0.3 is 0 Å². The number of nitrogens with two attached hydrogens (primary N) is 1. The Morgan fingerprint density at radius 2 is 2.09 bits per heavy atom. The molecule has 1 atom stereocenters. The fourth-order valence-electron chi connectivity index (χ4n) is 1.71. The molecule has 0 amide bonds. The van der Waals surface area contributed by atoms with Crippen molar-refractivity contribution < 1.29 is 4.74 Å². The molecule has 0 saturated carbocycles. The molecule has 0 spiro atoms. The molecule has 0 aromatic heterocycles. The predicted octanol–water partition coefficient (Wildman–Crippen LogP) is 1.54. The molecule has 2 nitrogen and oxygen atoms in total. The van der Waals surface area contributed by atoms with Crippen molar-refractivity contribution in [3.63, 3.8) is 0 Å². The van der Waals surface area contributed by atoms with Crippen LogP contribution in [0.15, 0.2) is 0 Å². The van der Waals surface area contributed by atoms with Gasteiger partial charge in [0.2, 0.25) is 0 Å². The summed E-state index contributed by atoms with van der Waals surface area (Å²) in [6, 6.07) is 0.420. The van der Waals surface area contributed by atoms with E-state index >= 15 is 0 Å². The van der Waals surface area contributed by atoms with Crippen LogP contribution in [0.3, 0.4) is 0 Å². The Bertz CT molecular complexity index is 99.7.